The molecule has 4 nitrogen and oxygen atoms in total. The third-order valence-corrected chi connectivity index (χ3v) is 3.92. The van der Waals surface area contributed by atoms with Gasteiger partial charge in [-0.3, -0.25) is 9.89 Å². The van der Waals surface area contributed by atoms with Crippen molar-refractivity contribution in [2.75, 3.05) is 26.7 Å². The largest absolute Gasteiger partial charge is 0.355 e. The summed E-state index contributed by atoms with van der Waals surface area (Å²) in [6.45, 7) is 9.86. The molecular formula is C14H30N4. The predicted molar refractivity (Wildman–Crippen MR) is 79.1 cm³/mol. The summed E-state index contributed by atoms with van der Waals surface area (Å²) in [5.41, 5.74) is 0. The Hall–Kier alpha value is -0.770. The fourth-order valence-electron chi connectivity index (χ4n) is 2.68. The molecule has 1 aliphatic rings. The first-order valence-electron chi connectivity index (χ1n) is 7.42. The van der Waals surface area contributed by atoms with Crippen molar-refractivity contribution in [1.82, 2.24) is 15.5 Å². The van der Waals surface area contributed by atoms with Crippen LogP contribution in [-0.4, -0.2) is 49.6 Å². The quantitative estimate of drug-likeness (QED) is 0.561. The standard InChI is InChI=1S/C14H30N4/c1-5-18(6-2)12(3)11-16-14(15-4)17-13-9-7-8-10-13/h12-13H,5-11H2,1-4H3,(H2,15,16,17). The van der Waals surface area contributed by atoms with Crippen LogP contribution in [0.1, 0.15) is 46.5 Å². The van der Waals surface area contributed by atoms with Gasteiger partial charge in [0, 0.05) is 25.7 Å². The molecule has 0 aromatic rings. The van der Waals surface area contributed by atoms with Crippen LogP contribution >= 0.6 is 0 Å². The first-order chi connectivity index (χ1) is 8.71. The van der Waals surface area contributed by atoms with E-state index in [1.165, 1.54) is 25.7 Å². The maximum Gasteiger partial charge on any atom is 0.191 e. The first-order valence-corrected chi connectivity index (χ1v) is 7.42. The molecule has 106 valence electrons. The molecule has 2 N–H and O–H groups in total. The van der Waals surface area contributed by atoms with Crippen molar-refractivity contribution in [3.63, 3.8) is 0 Å². The van der Waals surface area contributed by atoms with E-state index in [1.54, 1.807) is 0 Å². The van der Waals surface area contributed by atoms with Crippen LogP contribution in [0.15, 0.2) is 4.99 Å². The van der Waals surface area contributed by atoms with Crippen LogP contribution in [-0.2, 0) is 0 Å². The highest BCUT2D eigenvalue weighted by molar-refractivity contribution is 5.80. The van der Waals surface area contributed by atoms with E-state index in [0.29, 0.717) is 12.1 Å². The number of hydrogen-bond donors (Lipinski definition) is 2. The zero-order valence-electron chi connectivity index (χ0n) is 12.5. The van der Waals surface area contributed by atoms with E-state index in [0.717, 1.165) is 25.6 Å². The lowest BCUT2D eigenvalue weighted by molar-refractivity contribution is 0.231. The molecule has 0 aliphatic heterocycles. The smallest absolute Gasteiger partial charge is 0.191 e. The Bertz CT molecular complexity index is 242. The second-order valence-corrected chi connectivity index (χ2v) is 5.15. The lowest BCUT2D eigenvalue weighted by Gasteiger charge is -2.27. The Morgan fingerprint density at radius 3 is 2.39 bits per heavy atom. The van der Waals surface area contributed by atoms with Crippen LogP contribution in [0.3, 0.4) is 0 Å². The highest BCUT2D eigenvalue weighted by Gasteiger charge is 2.16. The average molecular weight is 254 g/mol. The molecule has 18 heavy (non-hydrogen) atoms. The molecule has 1 fully saturated rings. The molecule has 0 amide bonds. The van der Waals surface area contributed by atoms with E-state index in [-0.39, 0.29) is 0 Å². The number of nitrogens with one attached hydrogen (secondary N) is 2. The molecule has 1 atom stereocenters. The molecule has 0 saturated heterocycles. The van der Waals surface area contributed by atoms with Crippen LogP contribution in [0.5, 0.6) is 0 Å². The maximum absolute atomic E-state index is 4.31. The normalized spacial score (nSPS) is 19.3. The van der Waals surface area contributed by atoms with Crippen LogP contribution in [0.25, 0.3) is 0 Å². The van der Waals surface area contributed by atoms with Gasteiger partial charge in [0.05, 0.1) is 0 Å². The summed E-state index contributed by atoms with van der Waals surface area (Å²) < 4.78 is 0. The Morgan fingerprint density at radius 2 is 1.89 bits per heavy atom. The molecule has 1 saturated carbocycles. The lowest BCUT2D eigenvalue weighted by atomic mass is 10.2. The molecule has 1 aliphatic carbocycles. The summed E-state index contributed by atoms with van der Waals surface area (Å²) in [5.74, 6) is 0.959. The fourth-order valence-corrected chi connectivity index (χ4v) is 2.68. The van der Waals surface area contributed by atoms with E-state index in [2.05, 4.69) is 41.3 Å². The topological polar surface area (TPSA) is 39.7 Å². The minimum Gasteiger partial charge on any atom is -0.355 e. The minimum absolute atomic E-state index is 0.544. The second kappa shape index (κ2) is 8.35. The molecule has 4 heteroatoms. The molecule has 0 bridgehead atoms. The molecule has 0 spiro atoms. The Balaban J connectivity index is 2.30. The van der Waals surface area contributed by atoms with Gasteiger partial charge in [0.25, 0.3) is 0 Å². The Kier molecular flexibility index (Phi) is 7.09. The van der Waals surface area contributed by atoms with Crippen LogP contribution in [0.2, 0.25) is 0 Å². The van der Waals surface area contributed by atoms with Crippen molar-refractivity contribution in [3.8, 4) is 0 Å². The molecule has 0 radical (unpaired) electrons. The van der Waals surface area contributed by atoms with Gasteiger partial charge in [-0.25, -0.2) is 0 Å². The van der Waals surface area contributed by atoms with Gasteiger partial charge >= 0.3 is 0 Å². The van der Waals surface area contributed by atoms with Gasteiger partial charge in [0.15, 0.2) is 5.96 Å². The van der Waals surface area contributed by atoms with Crippen LogP contribution in [0, 0.1) is 0 Å². The van der Waals surface area contributed by atoms with Gasteiger partial charge in [-0.1, -0.05) is 26.7 Å². The highest BCUT2D eigenvalue weighted by atomic mass is 15.2. The van der Waals surface area contributed by atoms with Crippen molar-refractivity contribution in [2.45, 2.75) is 58.5 Å². The van der Waals surface area contributed by atoms with Crippen molar-refractivity contribution < 1.29 is 0 Å². The number of nitrogens with zero attached hydrogens (tertiary/aromatic N) is 2. The zero-order chi connectivity index (χ0) is 13.4. The third kappa shape index (κ3) is 4.84. The number of likely N-dealkylation sites (N-methyl/N-ethyl adjacent to an activating group) is 1. The zero-order valence-corrected chi connectivity index (χ0v) is 12.5. The summed E-state index contributed by atoms with van der Waals surface area (Å²) in [7, 11) is 1.85. The summed E-state index contributed by atoms with van der Waals surface area (Å²) in [6, 6.07) is 1.17. The average Bonchev–Trinajstić information content (AvgIpc) is 2.88. The minimum atomic E-state index is 0.544. The van der Waals surface area contributed by atoms with E-state index in [9.17, 15) is 0 Å². The number of hydrogen-bond acceptors (Lipinski definition) is 2. The third-order valence-electron chi connectivity index (χ3n) is 3.92. The predicted octanol–water partition coefficient (Wildman–Crippen LogP) is 1.82. The molecule has 1 unspecified atom stereocenters. The van der Waals surface area contributed by atoms with Crippen LogP contribution < -0.4 is 10.6 Å². The maximum atomic E-state index is 4.31. The van der Waals surface area contributed by atoms with Crippen molar-refractivity contribution in [3.05, 3.63) is 0 Å². The molecule has 1 rings (SSSR count). The molecule has 0 aromatic heterocycles. The summed E-state index contributed by atoms with van der Waals surface area (Å²) >= 11 is 0. The summed E-state index contributed by atoms with van der Waals surface area (Å²) in [4.78, 5) is 6.76. The Labute approximate surface area is 112 Å². The fraction of sp³-hybridized carbons (Fsp3) is 0.929. The van der Waals surface area contributed by atoms with Gasteiger partial charge in [0.2, 0.25) is 0 Å². The van der Waals surface area contributed by atoms with Gasteiger partial charge < -0.3 is 10.6 Å². The van der Waals surface area contributed by atoms with Crippen molar-refractivity contribution in [2.24, 2.45) is 4.99 Å². The SMILES string of the molecule is CCN(CC)C(C)CNC(=NC)NC1CCCC1. The number of rotatable bonds is 6. The molecular weight excluding hydrogens is 224 g/mol. The van der Waals surface area contributed by atoms with Crippen molar-refractivity contribution >= 4 is 5.96 Å². The summed E-state index contributed by atoms with van der Waals surface area (Å²) in [6.07, 6.45) is 5.27. The van der Waals surface area contributed by atoms with Crippen molar-refractivity contribution in [1.29, 1.82) is 0 Å². The second-order valence-electron chi connectivity index (χ2n) is 5.15. The van der Waals surface area contributed by atoms with Gasteiger partial charge in [-0.2, -0.15) is 0 Å². The summed E-state index contributed by atoms with van der Waals surface area (Å²) in [5, 5.41) is 6.96. The lowest BCUT2D eigenvalue weighted by Crippen LogP contribution is -2.48. The number of guanidine groups is 1. The van der Waals surface area contributed by atoms with E-state index < -0.39 is 0 Å². The number of aliphatic imine (C=N–C) groups is 1. The molecule has 0 aromatic carbocycles. The van der Waals surface area contributed by atoms with Crippen LogP contribution in [0.4, 0.5) is 0 Å². The first kappa shape index (κ1) is 15.3. The van der Waals surface area contributed by atoms with E-state index in [1.807, 2.05) is 7.05 Å². The highest BCUT2D eigenvalue weighted by Crippen LogP contribution is 2.17. The molecule has 0 heterocycles. The van der Waals surface area contributed by atoms with Gasteiger partial charge in [0.1, 0.15) is 0 Å². The van der Waals surface area contributed by atoms with Gasteiger partial charge in [-0.15, -0.1) is 0 Å². The Morgan fingerprint density at radius 1 is 1.28 bits per heavy atom. The van der Waals surface area contributed by atoms with E-state index in [4.69, 9.17) is 0 Å². The van der Waals surface area contributed by atoms with Gasteiger partial charge in [-0.05, 0) is 32.9 Å². The van der Waals surface area contributed by atoms with E-state index >= 15 is 0 Å². The monoisotopic (exact) mass is 254 g/mol.